The number of hydrogen-bond acceptors (Lipinski definition) is 5. The molecule has 158 valence electrons. The second-order valence-electron chi connectivity index (χ2n) is 7.29. The van der Waals surface area contributed by atoms with Gasteiger partial charge in [0.15, 0.2) is 5.82 Å². The highest BCUT2D eigenvalue weighted by Gasteiger charge is 2.40. The number of nitrogens with zero attached hydrogens (tertiary/aromatic N) is 2. The summed E-state index contributed by atoms with van der Waals surface area (Å²) in [6.07, 6.45) is 2.73. The van der Waals surface area contributed by atoms with Crippen LogP contribution in [-0.2, 0) is 20.9 Å². The van der Waals surface area contributed by atoms with Gasteiger partial charge in [0.25, 0.3) is 5.91 Å². The molecule has 0 aromatic heterocycles. The van der Waals surface area contributed by atoms with Gasteiger partial charge in [-0.05, 0) is 31.4 Å². The van der Waals surface area contributed by atoms with E-state index in [1.54, 1.807) is 12.1 Å². The minimum Gasteiger partial charge on any atom is -0.369 e. The van der Waals surface area contributed by atoms with E-state index in [9.17, 15) is 19.2 Å². The number of nitrogens with one attached hydrogen (secondary N) is 1. The molecule has 1 N–H and O–H groups in total. The predicted molar refractivity (Wildman–Crippen MR) is 107 cm³/mol. The maximum absolute atomic E-state index is 15.2. The zero-order valence-electron chi connectivity index (χ0n) is 16.7. The summed E-state index contributed by atoms with van der Waals surface area (Å²) in [5.74, 6) is -1.68. The highest BCUT2D eigenvalue weighted by Crippen LogP contribution is 2.34. The summed E-state index contributed by atoms with van der Waals surface area (Å²) in [6, 6.07) is 2.45. The number of carbonyl (C=O) groups excluding carboxylic acids is 4. The van der Waals surface area contributed by atoms with E-state index in [1.165, 1.54) is 4.90 Å². The molecule has 0 saturated carbocycles. The number of hydrogen-bond donors (Lipinski definition) is 1. The molecule has 0 aliphatic carbocycles. The van der Waals surface area contributed by atoms with Gasteiger partial charge in [-0.1, -0.05) is 13.8 Å². The van der Waals surface area contributed by atoms with E-state index in [0.29, 0.717) is 37.2 Å². The van der Waals surface area contributed by atoms with Gasteiger partial charge in [0.1, 0.15) is 12.3 Å². The number of amides is 3. The Bertz CT molecular complexity index is 840. The van der Waals surface area contributed by atoms with Crippen LogP contribution in [0.5, 0.6) is 0 Å². The number of carbonyl (C=O) groups is 4. The number of benzene rings is 1. The normalized spacial score (nSPS) is 22.0. The van der Waals surface area contributed by atoms with Crippen molar-refractivity contribution in [2.45, 2.75) is 52.1 Å². The van der Waals surface area contributed by atoms with Crippen molar-refractivity contribution < 1.29 is 25.0 Å². The lowest BCUT2D eigenvalue weighted by molar-refractivity contribution is -0.137. The van der Waals surface area contributed by atoms with E-state index in [2.05, 4.69) is 5.32 Å². The van der Waals surface area contributed by atoms with Crippen molar-refractivity contribution in [1.29, 1.82) is 0 Å². The molecule has 3 heterocycles. The number of aldehydes is 1. The minimum absolute atomic E-state index is 0. The van der Waals surface area contributed by atoms with E-state index in [-0.39, 0.29) is 44.1 Å². The number of fused-ring (bicyclic) bond motifs is 1. The number of rotatable bonds is 3. The number of anilines is 1. The first-order valence-electron chi connectivity index (χ1n) is 10.2. The molecule has 3 aliphatic rings. The van der Waals surface area contributed by atoms with E-state index in [1.807, 2.05) is 18.7 Å². The molecule has 0 radical (unpaired) electrons. The third kappa shape index (κ3) is 3.88. The molecule has 4 rings (SSSR count). The fourth-order valence-electron chi connectivity index (χ4n) is 4.11. The van der Waals surface area contributed by atoms with Crippen LogP contribution in [0.2, 0.25) is 0 Å². The van der Waals surface area contributed by atoms with E-state index in [4.69, 9.17) is 0 Å². The van der Waals surface area contributed by atoms with Gasteiger partial charge in [-0.15, -0.1) is 0 Å². The Hall–Kier alpha value is -2.77. The van der Waals surface area contributed by atoms with Crippen molar-refractivity contribution in [3.05, 3.63) is 29.1 Å². The molecule has 3 amide bonds. The average Bonchev–Trinajstić information content (AvgIpc) is 3.07. The van der Waals surface area contributed by atoms with Gasteiger partial charge in [-0.3, -0.25) is 19.7 Å². The molecule has 1 aromatic rings. The highest BCUT2D eigenvalue weighted by molar-refractivity contribution is 6.05. The van der Waals surface area contributed by atoms with Crippen LogP contribution in [0.15, 0.2) is 12.1 Å². The fourth-order valence-corrected chi connectivity index (χ4v) is 4.11. The Labute approximate surface area is 170 Å². The van der Waals surface area contributed by atoms with Crippen molar-refractivity contribution in [2.24, 2.45) is 5.92 Å². The maximum Gasteiger partial charge on any atom is 0.255 e. The first-order chi connectivity index (χ1) is 14.0. The number of halogens is 1. The van der Waals surface area contributed by atoms with E-state index >= 15 is 4.39 Å². The monoisotopic (exact) mass is 405 g/mol. The van der Waals surface area contributed by atoms with Gasteiger partial charge < -0.3 is 14.6 Å². The minimum atomic E-state index is -0.756. The van der Waals surface area contributed by atoms with Gasteiger partial charge in [0.05, 0.1) is 12.2 Å². The van der Waals surface area contributed by atoms with Crippen molar-refractivity contribution >= 4 is 29.7 Å². The average molecular weight is 405 g/mol. The van der Waals surface area contributed by atoms with Crippen LogP contribution in [0.3, 0.4) is 0 Å². The lowest BCUT2D eigenvalue weighted by atomic mass is 9.97. The first-order valence-corrected chi connectivity index (χ1v) is 10.2. The summed E-state index contributed by atoms with van der Waals surface area (Å²) in [7, 11) is 0. The van der Waals surface area contributed by atoms with Gasteiger partial charge in [0, 0.05) is 38.0 Å². The van der Waals surface area contributed by atoms with Gasteiger partial charge in [-0.2, -0.15) is 0 Å². The Morgan fingerprint density at radius 2 is 1.83 bits per heavy atom. The van der Waals surface area contributed by atoms with Crippen molar-refractivity contribution in [3.8, 4) is 0 Å². The molecule has 29 heavy (non-hydrogen) atoms. The summed E-state index contributed by atoms with van der Waals surface area (Å²) >= 11 is 0. The van der Waals surface area contributed by atoms with Crippen LogP contribution in [0.4, 0.5) is 10.1 Å². The Balaban J connectivity index is 0.00000104. The zero-order valence-corrected chi connectivity index (χ0v) is 16.7. The third-order valence-corrected chi connectivity index (χ3v) is 5.70. The van der Waals surface area contributed by atoms with Crippen LogP contribution in [0.1, 0.15) is 56.9 Å². The van der Waals surface area contributed by atoms with Gasteiger partial charge >= 0.3 is 0 Å². The SMILES string of the molecule is CC.O=CC1CCN(c2ccc3c(c2F)CN(C2CCC(=O)NC2=O)C3=O)CC1.[HH]. The summed E-state index contributed by atoms with van der Waals surface area (Å²) in [4.78, 5) is 50.3. The van der Waals surface area contributed by atoms with Crippen molar-refractivity contribution in [2.75, 3.05) is 18.0 Å². The molecule has 1 atom stereocenters. The third-order valence-electron chi connectivity index (χ3n) is 5.70. The van der Waals surface area contributed by atoms with Crippen LogP contribution >= 0.6 is 0 Å². The molecule has 7 nitrogen and oxygen atoms in total. The highest BCUT2D eigenvalue weighted by atomic mass is 19.1. The Morgan fingerprint density at radius 3 is 2.45 bits per heavy atom. The van der Waals surface area contributed by atoms with E-state index < -0.39 is 17.8 Å². The molecular weight excluding hydrogens is 377 g/mol. The largest absolute Gasteiger partial charge is 0.369 e. The number of imide groups is 1. The summed E-state index contributed by atoms with van der Waals surface area (Å²) in [5.41, 5.74) is 0.986. The predicted octanol–water partition coefficient (Wildman–Crippen LogP) is 2.27. The lowest BCUT2D eigenvalue weighted by Crippen LogP contribution is -2.52. The second kappa shape index (κ2) is 8.71. The number of piperidine rings is 2. The Kier molecular flexibility index (Phi) is 6.30. The molecule has 0 bridgehead atoms. The topological polar surface area (TPSA) is 86.8 Å². The quantitative estimate of drug-likeness (QED) is 0.616. The molecule has 3 aliphatic heterocycles. The summed E-state index contributed by atoms with van der Waals surface area (Å²) in [5, 5.41) is 2.24. The molecule has 2 fully saturated rings. The van der Waals surface area contributed by atoms with Crippen LogP contribution in [0.25, 0.3) is 0 Å². The van der Waals surface area contributed by atoms with Gasteiger partial charge in [-0.25, -0.2) is 4.39 Å². The lowest BCUT2D eigenvalue weighted by Gasteiger charge is -2.32. The molecule has 0 spiro atoms. The van der Waals surface area contributed by atoms with Crippen molar-refractivity contribution in [3.63, 3.8) is 0 Å². The van der Waals surface area contributed by atoms with Gasteiger partial charge in [0.2, 0.25) is 11.8 Å². The zero-order chi connectivity index (χ0) is 21.1. The van der Waals surface area contributed by atoms with Crippen LogP contribution in [-0.4, -0.2) is 48.0 Å². The standard InChI is InChI=1S/C19H20FN3O4.C2H6.H2/c20-17-13-9-23(15-3-4-16(25)21-18(15)26)19(27)12(13)1-2-14(17)22-7-5-11(10-24)6-8-22;1-2;/h1-2,10-11,15H,3-9H2,(H,21,25,26);1-2H3;1H. The van der Waals surface area contributed by atoms with Crippen LogP contribution in [0, 0.1) is 11.7 Å². The molecule has 2 saturated heterocycles. The van der Waals surface area contributed by atoms with Crippen LogP contribution < -0.4 is 10.2 Å². The molecular formula is C21H28FN3O4. The summed E-state index contributed by atoms with van der Waals surface area (Å²) in [6.45, 7) is 5.19. The second-order valence-corrected chi connectivity index (χ2v) is 7.29. The van der Waals surface area contributed by atoms with Crippen molar-refractivity contribution in [1.82, 2.24) is 10.2 Å². The fraction of sp³-hybridized carbons (Fsp3) is 0.524. The van der Waals surface area contributed by atoms with E-state index in [0.717, 1.165) is 6.29 Å². The smallest absolute Gasteiger partial charge is 0.255 e. The molecule has 8 heteroatoms. The molecule has 1 aromatic carbocycles. The maximum atomic E-state index is 15.2. The Morgan fingerprint density at radius 1 is 1.14 bits per heavy atom. The first kappa shape index (κ1) is 21.0. The molecule has 1 unspecified atom stereocenters. The summed E-state index contributed by atoms with van der Waals surface area (Å²) < 4.78 is 15.2.